The van der Waals surface area contributed by atoms with Crippen molar-refractivity contribution >= 4 is 17.3 Å². The number of hydrogen-bond donors (Lipinski definition) is 0. The fraction of sp³-hybridized carbons (Fsp3) is 0.533. The zero-order valence-electron chi connectivity index (χ0n) is 11.2. The van der Waals surface area contributed by atoms with E-state index in [0.29, 0.717) is 5.92 Å². The van der Waals surface area contributed by atoms with Crippen molar-refractivity contribution in [1.82, 2.24) is 0 Å². The molecular formula is C15H22OS. The fourth-order valence-electron chi connectivity index (χ4n) is 2.04. The highest BCUT2D eigenvalue weighted by molar-refractivity contribution is 7.80. The molecule has 0 spiro atoms. The molecule has 2 heteroatoms. The predicted octanol–water partition coefficient (Wildman–Crippen LogP) is 4.26. The smallest absolute Gasteiger partial charge is 0.162 e. The Labute approximate surface area is 110 Å². The lowest BCUT2D eigenvalue weighted by Gasteiger charge is -2.26. The van der Waals surface area contributed by atoms with Crippen LogP contribution in [0.2, 0.25) is 0 Å². The Balaban J connectivity index is 2.74. The SMILES string of the molecule is COC(=S)C(Cc1ccccc1)CC(C)(C)C. The first-order valence-corrected chi connectivity index (χ1v) is 6.45. The van der Waals surface area contributed by atoms with E-state index in [-0.39, 0.29) is 5.41 Å². The van der Waals surface area contributed by atoms with E-state index in [1.165, 1.54) is 5.56 Å². The Kier molecular flexibility index (Phi) is 5.13. The van der Waals surface area contributed by atoms with Crippen LogP contribution in [0.25, 0.3) is 0 Å². The van der Waals surface area contributed by atoms with Crippen LogP contribution in [0.3, 0.4) is 0 Å². The van der Waals surface area contributed by atoms with Crippen LogP contribution in [0.5, 0.6) is 0 Å². The Morgan fingerprint density at radius 1 is 1.24 bits per heavy atom. The highest BCUT2D eigenvalue weighted by atomic mass is 32.1. The molecule has 0 N–H and O–H groups in total. The van der Waals surface area contributed by atoms with Crippen LogP contribution in [-0.4, -0.2) is 12.2 Å². The molecule has 1 aromatic carbocycles. The average Bonchev–Trinajstić information content (AvgIpc) is 2.27. The number of methoxy groups -OCH3 is 1. The van der Waals surface area contributed by atoms with Gasteiger partial charge in [-0.05, 0) is 36.0 Å². The first-order chi connectivity index (χ1) is 7.92. The highest BCUT2D eigenvalue weighted by Gasteiger charge is 2.23. The van der Waals surface area contributed by atoms with Gasteiger partial charge < -0.3 is 4.74 Å². The summed E-state index contributed by atoms with van der Waals surface area (Å²) < 4.78 is 5.26. The van der Waals surface area contributed by atoms with Crippen LogP contribution < -0.4 is 0 Å². The van der Waals surface area contributed by atoms with Crippen LogP contribution in [0, 0.1) is 11.3 Å². The van der Waals surface area contributed by atoms with E-state index in [1.807, 2.05) is 6.07 Å². The molecule has 0 aliphatic carbocycles. The molecule has 0 aliphatic rings. The van der Waals surface area contributed by atoms with Gasteiger partial charge in [-0.25, -0.2) is 0 Å². The van der Waals surface area contributed by atoms with Gasteiger partial charge in [0.15, 0.2) is 5.05 Å². The van der Waals surface area contributed by atoms with Gasteiger partial charge in [-0.2, -0.15) is 0 Å². The molecule has 0 heterocycles. The number of thiocarbonyl (C=S) groups is 1. The second-order valence-electron chi connectivity index (χ2n) is 5.67. The summed E-state index contributed by atoms with van der Waals surface area (Å²) in [4.78, 5) is 0. The summed E-state index contributed by atoms with van der Waals surface area (Å²) >= 11 is 5.32. The van der Waals surface area contributed by atoms with E-state index in [1.54, 1.807) is 7.11 Å². The molecular weight excluding hydrogens is 228 g/mol. The van der Waals surface area contributed by atoms with Gasteiger partial charge >= 0.3 is 0 Å². The minimum Gasteiger partial charge on any atom is -0.490 e. The normalized spacial score (nSPS) is 13.2. The lowest BCUT2D eigenvalue weighted by Crippen LogP contribution is -2.23. The van der Waals surface area contributed by atoms with Crippen molar-refractivity contribution in [3.63, 3.8) is 0 Å². The summed E-state index contributed by atoms with van der Waals surface area (Å²) in [5.74, 6) is 0.317. The number of benzene rings is 1. The van der Waals surface area contributed by atoms with Gasteiger partial charge in [0.2, 0.25) is 0 Å². The number of rotatable bonds is 4. The monoisotopic (exact) mass is 250 g/mol. The minimum absolute atomic E-state index is 0.266. The summed E-state index contributed by atoms with van der Waals surface area (Å²) in [5, 5.41) is 0.726. The van der Waals surface area contributed by atoms with Gasteiger partial charge in [-0.15, -0.1) is 0 Å². The second-order valence-corrected chi connectivity index (χ2v) is 6.08. The van der Waals surface area contributed by atoms with Crippen molar-refractivity contribution < 1.29 is 4.74 Å². The number of hydrogen-bond acceptors (Lipinski definition) is 2. The van der Waals surface area contributed by atoms with Crippen molar-refractivity contribution in [1.29, 1.82) is 0 Å². The quantitative estimate of drug-likeness (QED) is 0.739. The Bertz CT molecular complexity index is 351. The van der Waals surface area contributed by atoms with Crippen molar-refractivity contribution in [2.45, 2.75) is 33.6 Å². The Hall–Kier alpha value is -0.890. The molecule has 0 saturated carbocycles. The van der Waals surface area contributed by atoms with Crippen molar-refractivity contribution in [2.75, 3.05) is 7.11 Å². The molecule has 0 bridgehead atoms. The molecule has 1 unspecified atom stereocenters. The summed E-state index contributed by atoms with van der Waals surface area (Å²) in [6.45, 7) is 6.72. The maximum Gasteiger partial charge on any atom is 0.162 e. The predicted molar refractivity (Wildman–Crippen MR) is 77.3 cm³/mol. The lowest BCUT2D eigenvalue weighted by molar-refractivity contribution is 0.298. The molecule has 1 rings (SSSR count). The molecule has 0 amide bonds. The zero-order chi connectivity index (χ0) is 12.9. The van der Waals surface area contributed by atoms with Crippen LogP contribution in [0.15, 0.2) is 30.3 Å². The molecule has 1 nitrogen and oxygen atoms in total. The Morgan fingerprint density at radius 2 is 1.82 bits per heavy atom. The summed E-state index contributed by atoms with van der Waals surface area (Å²) in [6, 6.07) is 10.5. The molecule has 0 aromatic heterocycles. The highest BCUT2D eigenvalue weighted by Crippen LogP contribution is 2.28. The van der Waals surface area contributed by atoms with Crippen molar-refractivity contribution in [3.8, 4) is 0 Å². The van der Waals surface area contributed by atoms with E-state index in [9.17, 15) is 0 Å². The number of ether oxygens (including phenoxy) is 1. The van der Waals surface area contributed by atoms with E-state index in [2.05, 4.69) is 45.0 Å². The van der Waals surface area contributed by atoms with Gasteiger partial charge in [0.05, 0.1) is 7.11 Å². The van der Waals surface area contributed by atoms with E-state index in [4.69, 9.17) is 17.0 Å². The maximum atomic E-state index is 5.32. The van der Waals surface area contributed by atoms with Gasteiger partial charge in [0.1, 0.15) is 0 Å². The van der Waals surface area contributed by atoms with Gasteiger partial charge in [0, 0.05) is 5.92 Å². The second kappa shape index (κ2) is 6.15. The topological polar surface area (TPSA) is 9.23 Å². The van der Waals surface area contributed by atoms with Crippen LogP contribution >= 0.6 is 12.2 Å². The van der Waals surface area contributed by atoms with Crippen LogP contribution in [0.1, 0.15) is 32.8 Å². The third kappa shape index (κ3) is 5.31. The molecule has 0 aliphatic heterocycles. The molecule has 17 heavy (non-hydrogen) atoms. The van der Waals surface area contributed by atoms with Gasteiger partial charge in [0.25, 0.3) is 0 Å². The Morgan fingerprint density at radius 3 is 2.29 bits per heavy atom. The molecule has 1 aromatic rings. The molecule has 0 radical (unpaired) electrons. The van der Waals surface area contributed by atoms with Crippen molar-refractivity contribution in [3.05, 3.63) is 35.9 Å². The summed E-state index contributed by atoms with van der Waals surface area (Å²) in [5.41, 5.74) is 1.59. The zero-order valence-corrected chi connectivity index (χ0v) is 12.0. The van der Waals surface area contributed by atoms with Crippen molar-refractivity contribution in [2.24, 2.45) is 11.3 Å². The lowest BCUT2D eigenvalue weighted by atomic mass is 9.82. The maximum absolute atomic E-state index is 5.32. The first-order valence-electron chi connectivity index (χ1n) is 6.04. The summed E-state index contributed by atoms with van der Waals surface area (Å²) in [7, 11) is 1.67. The van der Waals surface area contributed by atoms with E-state index < -0.39 is 0 Å². The van der Waals surface area contributed by atoms with E-state index in [0.717, 1.165) is 17.9 Å². The first kappa shape index (κ1) is 14.2. The minimum atomic E-state index is 0.266. The molecule has 94 valence electrons. The fourth-order valence-corrected chi connectivity index (χ4v) is 2.21. The molecule has 1 atom stereocenters. The molecule has 0 fully saturated rings. The average molecular weight is 250 g/mol. The standard InChI is InChI=1S/C15H22OS/c1-15(2,3)11-13(14(17)16-4)10-12-8-6-5-7-9-12/h5-9,13H,10-11H2,1-4H3. The summed E-state index contributed by atoms with van der Waals surface area (Å²) in [6.07, 6.45) is 2.01. The van der Waals surface area contributed by atoms with Crippen LogP contribution in [0.4, 0.5) is 0 Å². The third-order valence-electron chi connectivity index (χ3n) is 2.72. The van der Waals surface area contributed by atoms with E-state index >= 15 is 0 Å². The molecule has 0 saturated heterocycles. The largest absolute Gasteiger partial charge is 0.490 e. The third-order valence-corrected chi connectivity index (χ3v) is 3.22. The van der Waals surface area contributed by atoms with Gasteiger partial charge in [-0.3, -0.25) is 0 Å². The van der Waals surface area contributed by atoms with Crippen LogP contribution in [-0.2, 0) is 11.2 Å². The van der Waals surface area contributed by atoms with Gasteiger partial charge in [-0.1, -0.05) is 51.1 Å².